The normalized spacial score (nSPS) is 14.6. The standard InChI is InChI=1S/C26H30N2O5/c1-30-22-10-4-3-9-20(22)21(28-15-7-8-16-28)17-27-26(29)25-14-13-19(33-25)18-32-24-12-6-5-11-23(24)31-2/h3-6,9-14,21H,7-8,15-18H2,1-2H3,(H,27,29). The number of carbonyl (C=O) groups is 1. The fourth-order valence-corrected chi connectivity index (χ4v) is 4.17. The first-order chi connectivity index (χ1) is 16.2. The van der Waals surface area contributed by atoms with Gasteiger partial charge in [0, 0.05) is 12.1 Å². The van der Waals surface area contributed by atoms with Crippen molar-refractivity contribution in [2.24, 2.45) is 0 Å². The number of benzene rings is 2. The number of ether oxygens (including phenoxy) is 3. The minimum Gasteiger partial charge on any atom is -0.496 e. The summed E-state index contributed by atoms with van der Waals surface area (Å²) < 4.78 is 22.4. The molecule has 1 saturated heterocycles. The van der Waals surface area contributed by atoms with Crippen LogP contribution in [0.5, 0.6) is 17.2 Å². The number of para-hydroxylation sites is 3. The highest BCUT2D eigenvalue weighted by molar-refractivity contribution is 5.91. The smallest absolute Gasteiger partial charge is 0.287 e. The van der Waals surface area contributed by atoms with Gasteiger partial charge in [0.05, 0.1) is 20.3 Å². The Kier molecular flexibility index (Phi) is 7.52. The zero-order chi connectivity index (χ0) is 23.0. The van der Waals surface area contributed by atoms with E-state index in [1.165, 1.54) is 0 Å². The molecule has 0 radical (unpaired) electrons. The Balaban J connectivity index is 1.39. The van der Waals surface area contributed by atoms with E-state index in [0.29, 0.717) is 23.8 Å². The van der Waals surface area contributed by atoms with E-state index in [1.54, 1.807) is 26.4 Å². The van der Waals surface area contributed by atoms with Crippen molar-refractivity contribution in [3.8, 4) is 17.2 Å². The molecule has 1 unspecified atom stereocenters. The average molecular weight is 451 g/mol. The van der Waals surface area contributed by atoms with Crippen LogP contribution in [0.4, 0.5) is 0 Å². The van der Waals surface area contributed by atoms with Gasteiger partial charge in [-0.3, -0.25) is 9.69 Å². The first-order valence-corrected chi connectivity index (χ1v) is 11.2. The first-order valence-electron chi connectivity index (χ1n) is 11.2. The number of rotatable bonds is 10. The van der Waals surface area contributed by atoms with E-state index < -0.39 is 0 Å². The Morgan fingerprint density at radius 1 is 0.939 bits per heavy atom. The molecule has 0 spiro atoms. The van der Waals surface area contributed by atoms with Gasteiger partial charge in [0.15, 0.2) is 17.3 Å². The predicted octanol–water partition coefficient (Wildman–Crippen LogP) is 4.44. The molecule has 1 aliphatic heterocycles. The number of carbonyl (C=O) groups excluding carboxylic acids is 1. The molecule has 7 nitrogen and oxygen atoms in total. The summed E-state index contributed by atoms with van der Waals surface area (Å²) in [7, 11) is 3.27. The Morgan fingerprint density at radius 3 is 2.33 bits per heavy atom. The molecule has 33 heavy (non-hydrogen) atoms. The SMILES string of the molecule is COc1ccccc1OCc1ccc(C(=O)NCC(c2ccccc2OC)N2CCCC2)o1. The minimum atomic E-state index is -0.252. The highest BCUT2D eigenvalue weighted by Gasteiger charge is 2.26. The topological polar surface area (TPSA) is 73.2 Å². The summed E-state index contributed by atoms with van der Waals surface area (Å²) in [5.41, 5.74) is 1.08. The fourth-order valence-electron chi connectivity index (χ4n) is 4.17. The van der Waals surface area contributed by atoms with Crippen LogP contribution in [0.15, 0.2) is 65.1 Å². The van der Waals surface area contributed by atoms with Gasteiger partial charge in [-0.25, -0.2) is 0 Å². The molecule has 1 fully saturated rings. The van der Waals surface area contributed by atoms with Gasteiger partial charge in [-0.1, -0.05) is 30.3 Å². The summed E-state index contributed by atoms with van der Waals surface area (Å²) >= 11 is 0. The lowest BCUT2D eigenvalue weighted by Gasteiger charge is -2.29. The summed E-state index contributed by atoms with van der Waals surface area (Å²) in [5, 5.41) is 3.04. The van der Waals surface area contributed by atoms with Crippen LogP contribution in [0.25, 0.3) is 0 Å². The number of furan rings is 1. The number of amides is 1. The summed E-state index contributed by atoms with van der Waals surface area (Å²) in [4.78, 5) is 15.2. The van der Waals surface area contributed by atoms with Crippen LogP contribution in [-0.4, -0.2) is 44.7 Å². The molecule has 0 bridgehead atoms. The molecule has 2 heterocycles. The van der Waals surface area contributed by atoms with Crippen LogP contribution in [0, 0.1) is 0 Å². The molecule has 1 amide bonds. The zero-order valence-corrected chi connectivity index (χ0v) is 19.1. The van der Waals surface area contributed by atoms with E-state index in [9.17, 15) is 4.79 Å². The lowest BCUT2D eigenvalue weighted by molar-refractivity contribution is 0.0905. The van der Waals surface area contributed by atoms with Gasteiger partial charge in [-0.05, 0) is 56.3 Å². The second kappa shape index (κ2) is 10.9. The van der Waals surface area contributed by atoms with Crippen LogP contribution in [0.3, 0.4) is 0 Å². The average Bonchev–Trinajstić information content (AvgIpc) is 3.56. The lowest BCUT2D eigenvalue weighted by Crippen LogP contribution is -2.36. The molecule has 1 aliphatic rings. The van der Waals surface area contributed by atoms with Gasteiger partial charge < -0.3 is 23.9 Å². The van der Waals surface area contributed by atoms with Gasteiger partial charge in [0.1, 0.15) is 18.1 Å². The summed E-state index contributed by atoms with van der Waals surface area (Å²) in [5.74, 6) is 2.66. The van der Waals surface area contributed by atoms with Gasteiger partial charge in [-0.15, -0.1) is 0 Å². The first kappa shape index (κ1) is 22.7. The molecule has 7 heteroatoms. The van der Waals surface area contributed by atoms with Crippen LogP contribution in [0.1, 0.15) is 40.8 Å². The van der Waals surface area contributed by atoms with Crippen LogP contribution >= 0.6 is 0 Å². The number of likely N-dealkylation sites (tertiary alicyclic amines) is 1. The van der Waals surface area contributed by atoms with Gasteiger partial charge in [-0.2, -0.15) is 0 Å². The van der Waals surface area contributed by atoms with Gasteiger partial charge in [0.2, 0.25) is 0 Å². The summed E-state index contributed by atoms with van der Waals surface area (Å²) in [6.07, 6.45) is 2.32. The van der Waals surface area contributed by atoms with E-state index >= 15 is 0 Å². The van der Waals surface area contributed by atoms with Crippen molar-refractivity contribution in [3.05, 3.63) is 77.7 Å². The van der Waals surface area contributed by atoms with Crippen molar-refractivity contribution in [3.63, 3.8) is 0 Å². The minimum absolute atomic E-state index is 0.0379. The molecule has 1 aromatic heterocycles. The van der Waals surface area contributed by atoms with Crippen molar-refractivity contribution in [1.29, 1.82) is 0 Å². The van der Waals surface area contributed by atoms with Crippen LogP contribution in [-0.2, 0) is 6.61 Å². The Bertz CT molecular complexity index is 1060. The second-order valence-electron chi connectivity index (χ2n) is 7.92. The molecule has 0 saturated carbocycles. The third kappa shape index (κ3) is 5.49. The molecule has 1 atom stereocenters. The van der Waals surface area contributed by atoms with Crippen molar-refractivity contribution >= 4 is 5.91 Å². The Hall–Kier alpha value is -3.45. The molecular formula is C26H30N2O5. The fraction of sp³-hybridized carbons (Fsp3) is 0.346. The zero-order valence-electron chi connectivity index (χ0n) is 19.1. The highest BCUT2D eigenvalue weighted by atomic mass is 16.5. The van der Waals surface area contributed by atoms with E-state index in [4.69, 9.17) is 18.6 Å². The van der Waals surface area contributed by atoms with Gasteiger partial charge in [0.25, 0.3) is 5.91 Å². The van der Waals surface area contributed by atoms with Crippen molar-refractivity contribution in [2.45, 2.75) is 25.5 Å². The largest absolute Gasteiger partial charge is 0.496 e. The lowest BCUT2D eigenvalue weighted by atomic mass is 10.0. The number of methoxy groups -OCH3 is 2. The number of nitrogens with one attached hydrogen (secondary N) is 1. The number of hydrogen-bond donors (Lipinski definition) is 1. The summed E-state index contributed by atoms with van der Waals surface area (Å²) in [6, 6.07) is 18.8. The third-order valence-corrected chi connectivity index (χ3v) is 5.86. The maximum absolute atomic E-state index is 12.8. The van der Waals surface area contributed by atoms with Crippen LogP contribution in [0.2, 0.25) is 0 Å². The van der Waals surface area contributed by atoms with Gasteiger partial charge >= 0.3 is 0 Å². The second-order valence-corrected chi connectivity index (χ2v) is 7.92. The molecule has 4 rings (SSSR count). The Labute approximate surface area is 194 Å². The monoisotopic (exact) mass is 450 g/mol. The molecular weight excluding hydrogens is 420 g/mol. The van der Waals surface area contributed by atoms with E-state index in [0.717, 1.165) is 37.2 Å². The van der Waals surface area contributed by atoms with E-state index in [1.807, 2.05) is 42.5 Å². The number of hydrogen-bond acceptors (Lipinski definition) is 6. The van der Waals surface area contributed by atoms with E-state index in [-0.39, 0.29) is 24.3 Å². The number of nitrogens with zero attached hydrogens (tertiary/aromatic N) is 1. The quantitative estimate of drug-likeness (QED) is 0.492. The molecule has 0 aliphatic carbocycles. The highest BCUT2D eigenvalue weighted by Crippen LogP contribution is 2.31. The predicted molar refractivity (Wildman–Crippen MR) is 125 cm³/mol. The summed E-state index contributed by atoms with van der Waals surface area (Å²) in [6.45, 7) is 2.67. The Morgan fingerprint density at radius 2 is 1.61 bits per heavy atom. The maximum atomic E-state index is 12.8. The molecule has 3 aromatic rings. The maximum Gasteiger partial charge on any atom is 0.287 e. The van der Waals surface area contributed by atoms with E-state index in [2.05, 4.69) is 16.3 Å². The van der Waals surface area contributed by atoms with Crippen LogP contribution < -0.4 is 19.5 Å². The molecule has 174 valence electrons. The van der Waals surface area contributed by atoms with Crippen molar-refractivity contribution in [1.82, 2.24) is 10.2 Å². The molecule has 2 aromatic carbocycles. The van der Waals surface area contributed by atoms with Crippen molar-refractivity contribution < 1.29 is 23.4 Å². The molecule has 1 N–H and O–H groups in total. The third-order valence-electron chi connectivity index (χ3n) is 5.86. The van der Waals surface area contributed by atoms with Crippen molar-refractivity contribution in [2.75, 3.05) is 33.9 Å².